The second-order valence-corrected chi connectivity index (χ2v) is 8.90. The Morgan fingerprint density at radius 2 is 1.93 bits per heavy atom. The topological polar surface area (TPSA) is 120 Å². The number of benzene rings is 1. The van der Waals surface area contributed by atoms with Gasteiger partial charge in [0, 0.05) is 23.0 Å². The Kier molecular flexibility index (Phi) is 4.82. The van der Waals surface area contributed by atoms with E-state index in [1.165, 1.54) is 29.2 Å². The van der Waals surface area contributed by atoms with Crippen molar-refractivity contribution in [3.05, 3.63) is 59.4 Å². The molecule has 1 saturated carbocycles. The van der Waals surface area contributed by atoms with E-state index in [2.05, 4.69) is 25.4 Å². The van der Waals surface area contributed by atoms with Crippen molar-refractivity contribution in [3.63, 3.8) is 0 Å². The van der Waals surface area contributed by atoms with Crippen molar-refractivity contribution in [2.45, 2.75) is 29.5 Å². The molecule has 4 rings (SSSR count). The summed E-state index contributed by atoms with van der Waals surface area (Å²) in [7, 11) is -3.45. The number of nitrogens with one attached hydrogen (secondary N) is 1. The Morgan fingerprint density at radius 1 is 1.18 bits per heavy atom. The minimum atomic E-state index is -3.45. The van der Waals surface area contributed by atoms with Crippen molar-refractivity contribution in [2.75, 3.05) is 0 Å². The van der Waals surface area contributed by atoms with E-state index < -0.39 is 15.7 Å². The van der Waals surface area contributed by atoms with Gasteiger partial charge in [-0.05, 0) is 37.1 Å². The lowest BCUT2D eigenvalue weighted by Crippen LogP contribution is -2.25. The Hall–Kier alpha value is -2.85. The lowest BCUT2D eigenvalue weighted by Gasteiger charge is -2.09. The van der Waals surface area contributed by atoms with Gasteiger partial charge in [0.2, 0.25) is 0 Å². The third-order valence-electron chi connectivity index (χ3n) is 4.19. The molecule has 1 fully saturated rings. The summed E-state index contributed by atoms with van der Waals surface area (Å²) in [5, 5.41) is 6.55. The molecule has 2 heterocycles. The molecule has 0 saturated heterocycles. The van der Waals surface area contributed by atoms with Crippen molar-refractivity contribution >= 4 is 27.3 Å². The lowest BCUT2D eigenvalue weighted by atomic mass is 10.2. The number of rotatable bonds is 6. The normalized spacial score (nSPS) is 14.0. The first-order valence-electron chi connectivity index (χ1n) is 8.44. The quantitative estimate of drug-likeness (QED) is 0.645. The first-order chi connectivity index (χ1) is 13.4. The van der Waals surface area contributed by atoms with E-state index in [0.29, 0.717) is 24.6 Å². The standard InChI is InChI=1S/C17H15ClN6O3S/c18-12-6-11(7-14(8-12)28(26,27)13-2-3-13)16(25)21-9-15-22-10-23-24(15)17-19-4-1-5-20-17/h1,4-8,10,13H,2-3,9H2,(H,21,25). The minimum absolute atomic E-state index is 0.0499. The summed E-state index contributed by atoms with van der Waals surface area (Å²) in [6.45, 7) is 0.0499. The fraction of sp³-hybridized carbons (Fsp3) is 0.235. The van der Waals surface area contributed by atoms with Crippen LogP contribution < -0.4 is 5.32 Å². The number of nitrogens with zero attached hydrogens (tertiary/aromatic N) is 5. The molecular formula is C17H15ClN6O3S. The first kappa shape index (κ1) is 18.5. The van der Waals surface area contributed by atoms with Crippen LogP contribution in [0.1, 0.15) is 29.0 Å². The fourth-order valence-corrected chi connectivity index (χ4v) is 4.67. The summed E-state index contributed by atoms with van der Waals surface area (Å²) < 4.78 is 26.3. The molecule has 28 heavy (non-hydrogen) atoms. The zero-order valence-electron chi connectivity index (χ0n) is 14.5. The van der Waals surface area contributed by atoms with Crippen molar-refractivity contribution < 1.29 is 13.2 Å². The second-order valence-electron chi connectivity index (χ2n) is 6.24. The SMILES string of the molecule is O=C(NCc1ncnn1-c1ncccn1)c1cc(Cl)cc(S(=O)(=O)C2CC2)c1. The lowest BCUT2D eigenvalue weighted by molar-refractivity contribution is 0.0949. The van der Waals surface area contributed by atoms with Gasteiger partial charge in [0.15, 0.2) is 15.7 Å². The van der Waals surface area contributed by atoms with Crippen LogP contribution in [0.15, 0.2) is 47.9 Å². The number of carbonyl (C=O) groups is 1. The van der Waals surface area contributed by atoms with E-state index in [1.54, 1.807) is 18.5 Å². The fourth-order valence-electron chi connectivity index (χ4n) is 2.64. The number of hydrogen-bond donors (Lipinski definition) is 1. The molecule has 3 aromatic rings. The Bertz CT molecular complexity index is 1130. The Labute approximate surface area is 165 Å². The first-order valence-corrected chi connectivity index (χ1v) is 10.4. The van der Waals surface area contributed by atoms with Crippen LogP contribution in [0.5, 0.6) is 0 Å². The van der Waals surface area contributed by atoms with Gasteiger partial charge in [-0.25, -0.2) is 23.4 Å². The van der Waals surface area contributed by atoms with E-state index in [1.807, 2.05) is 0 Å². The van der Waals surface area contributed by atoms with Crippen molar-refractivity contribution in [1.29, 1.82) is 0 Å². The molecule has 1 amide bonds. The zero-order chi connectivity index (χ0) is 19.7. The summed E-state index contributed by atoms with van der Waals surface area (Å²) in [6.07, 6.45) is 5.74. The summed E-state index contributed by atoms with van der Waals surface area (Å²) >= 11 is 6.04. The summed E-state index contributed by atoms with van der Waals surface area (Å²) in [5.41, 5.74) is 0.161. The second kappa shape index (κ2) is 7.28. The van der Waals surface area contributed by atoms with Crippen LogP contribution in [0.3, 0.4) is 0 Å². The Balaban J connectivity index is 1.53. The maximum absolute atomic E-state index is 12.6. The predicted octanol–water partition coefficient (Wildman–Crippen LogP) is 1.58. The van der Waals surface area contributed by atoms with E-state index in [4.69, 9.17) is 11.6 Å². The molecule has 1 aliphatic carbocycles. The molecule has 0 aliphatic heterocycles. The highest BCUT2D eigenvalue weighted by molar-refractivity contribution is 7.92. The average Bonchev–Trinajstić information content (AvgIpc) is 3.46. The average molecular weight is 419 g/mol. The molecule has 9 nitrogen and oxygen atoms in total. The van der Waals surface area contributed by atoms with E-state index in [9.17, 15) is 13.2 Å². The van der Waals surface area contributed by atoms with Gasteiger partial charge in [0.25, 0.3) is 11.9 Å². The molecular weight excluding hydrogens is 404 g/mol. The summed E-state index contributed by atoms with van der Waals surface area (Å²) in [4.78, 5) is 24.9. The van der Waals surface area contributed by atoms with Gasteiger partial charge in [0.05, 0.1) is 16.7 Å². The molecule has 0 unspecified atom stereocenters. The van der Waals surface area contributed by atoms with Gasteiger partial charge in [-0.2, -0.15) is 9.78 Å². The molecule has 0 spiro atoms. The number of amides is 1. The van der Waals surface area contributed by atoms with E-state index >= 15 is 0 Å². The van der Waals surface area contributed by atoms with Crippen molar-refractivity contribution in [3.8, 4) is 5.95 Å². The highest BCUT2D eigenvalue weighted by Gasteiger charge is 2.37. The highest BCUT2D eigenvalue weighted by atomic mass is 35.5. The van der Waals surface area contributed by atoms with Gasteiger partial charge in [-0.3, -0.25) is 4.79 Å². The number of hydrogen-bond acceptors (Lipinski definition) is 7. The summed E-state index contributed by atoms with van der Waals surface area (Å²) in [5.74, 6) is 0.274. The zero-order valence-corrected chi connectivity index (χ0v) is 16.1. The van der Waals surface area contributed by atoms with Crippen LogP contribution in [0.4, 0.5) is 0 Å². The van der Waals surface area contributed by atoms with Crippen LogP contribution in [-0.4, -0.2) is 44.3 Å². The molecule has 11 heteroatoms. The van der Waals surface area contributed by atoms with Crippen molar-refractivity contribution in [2.24, 2.45) is 0 Å². The van der Waals surface area contributed by atoms with Gasteiger partial charge >= 0.3 is 0 Å². The van der Waals surface area contributed by atoms with Crippen LogP contribution in [-0.2, 0) is 16.4 Å². The maximum atomic E-state index is 12.6. The molecule has 1 N–H and O–H groups in total. The van der Waals surface area contributed by atoms with Crippen LogP contribution in [0.2, 0.25) is 5.02 Å². The predicted molar refractivity (Wildman–Crippen MR) is 99.8 cm³/mol. The minimum Gasteiger partial charge on any atom is -0.345 e. The number of sulfone groups is 1. The van der Waals surface area contributed by atoms with E-state index in [0.717, 1.165) is 0 Å². The van der Waals surface area contributed by atoms with Crippen LogP contribution in [0, 0.1) is 0 Å². The Morgan fingerprint density at radius 3 is 2.64 bits per heavy atom. The molecule has 144 valence electrons. The third-order valence-corrected chi connectivity index (χ3v) is 6.65. The molecule has 0 bridgehead atoms. The smallest absolute Gasteiger partial charge is 0.252 e. The largest absolute Gasteiger partial charge is 0.345 e. The number of carbonyl (C=O) groups excluding carboxylic acids is 1. The molecule has 0 atom stereocenters. The van der Waals surface area contributed by atoms with Crippen LogP contribution >= 0.6 is 11.6 Å². The molecule has 0 radical (unpaired) electrons. The third kappa shape index (κ3) is 3.73. The maximum Gasteiger partial charge on any atom is 0.252 e. The van der Waals surface area contributed by atoms with Crippen LogP contribution in [0.25, 0.3) is 5.95 Å². The number of aromatic nitrogens is 5. The summed E-state index contributed by atoms with van der Waals surface area (Å²) in [6, 6.07) is 5.82. The van der Waals surface area contributed by atoms with Gasteiger partial charge in [-0.1, -0.05) is 11.6 Å². The van der Waals surface area contributed by atoms with Crippen molar-refractivity contribution in [1.82, 2.24) is 30.0 Å². The van der Waals surface area contributed by atoms with Gasteiger partial charge in [-0.15, -0.1) is 0 Å². The highest BCUT2D eigenvalue weighted by Crippen LogP contribution is 2.34. The van der Waals surface area contributed by atoms with Gasteiger partial charge < -0.3 is 5.32 Å². The molecule has 1 aromatic carbocycles. The number of halogens is 1. The van der Waals surface area contributed by atoms with E-state index in [-0.39, 0.29) is 27.3 Å². The van der Waals surface area contributed by atoms with Gasteiger partial charge in [0.1, 0.15) is 6.33 Å². The molecule has 2 aromatic heterocycles. The molecule has 1 aliphatic rings. The monoisotopic (exact) mass is 418 g/mol.